The molecule has 0 bridgehead atoms. The summed E-state index contributed by atoms with van der Waals surface area (Å²) in [5.74, 6) is -0.0293. The van der Waals surface area contributed by atoms with Gasteiger partial charge in [-0.2, -0.15) is 0 Å². The zero-order valence-electron chi connectivity index (χ0n) is 10.2. The predicted octanol–water partition coefficient (Wildman–Crippen LogP) is 2.01. The van der Waals surface area contributed by atoms with Crippen LogP contribution in [0, 0.1) is 0 Å². The lowest BCUT2D eigenvalue weighted by atomic mass is 10.3. The molecule has 1 aliphatic carbocycles. The molecule has 3 N–H and O–H groups in total. The number of hydrogen-bond donors (Lipinski definition) is 2. The van der Waals surface area contributed by atoms with Crippen molar-refractivity contribution in [3.05, 3.63) is 4.88 Å². The van der Waals surface area contributed by atoms with Crippen molar-refractivity contribution in [2.45, 2.75) is 23.8 Å². The van der Waals surface area contributed by atoms with E-state index < -0.39 is 0 Å². The van der Waals surface area contributed by atoms with Crippen molar-refractivity contribution in [2.75, 3.05) is 31.0 Å². The lowest BCUT2D eigenvalue weighted by Crippen LogP contribution is -2.25. The second-order valence-electron chi connectivity index (χ2n) is 4.33. The number of thioether (sulfide) groups is 1. The third-order valence-corrected chi connectivity index (χ3v) is 4.93. The molecule has 1 saturated carbocycles. The smallest absolute Gasteiger partial charge is 0.263 e. The minimum Gasteiger partial charge on any atom is -0.396 e. The number of nitrogens with two attached hydrogens (primary N) is 1. The van der Waals surface area contributed by atoms with Gasteiger partial charge in [-0.1, -0.05) is 0 Å². The molecule has 6 heteroatoms. The predicted molar refractivity (Wildman–Crippen MR) is 75.3 cm³/mol. The van der Waals surface area contributed by atoms with E-state index in [1.807, 2.05) is 25.3 Å². The van der Waals surface area contributed by atoms with Gasteiger partial charge in [-0.3, -0.25) is 4.79 Å². The molecular weight excluding hydrogens is 254 g/mol. The minimum atomic E-state index is -0.0293. The summed E-state index contributed by atoms with van der Waals surface area (Å²) < 4.78 is 0. The number of carbonyl (C=O) groups excluding carboxylic acids is 1. The van der Waals surface area contributed by atoms with Crippen LogP contribution in [0.15, 0.2) is 4.90 Å². The maximum atomic E-state index is 12.0. The van der Waals surface area contributed by atoms with Crippen LogP contribution in [0.4, 0.5) is 10.7 Å². The normalized spacial score (nSPS) is 14.8. The molecule has 1 aromatic heterocycles. The van der Waals surface area contributed by atoms with Crippen LogP contribution in [-0.4, -0.2) is 32.3 Å². The summed E-state index contributed by atoms with van der Waals surface area (Å²) in [4.78, 5) is 15.7. The third-order valence-electron chi connectivity index (χ3n) is 2.61. The number of rotatable bonds is 4. The molecule has 0 radical (unpaired) electrons. The summed E-state index contributed by atoms with van der Waals surface area (Å²) in [6.45, 7) is 0. The third kappa shape index (κ3) is 2.52. The summed E-state index contributed by atoms with van der Waals surface area (Å²) in [5.41, 5.74) is 6.67. The molecule has 0 aromatic carbocycles. The molecule has 94 valence electrons. The van der Waals surface area contributed by atoms with Crippen LogP contribution in [0.2, 0.25) is 0 Å². The van der Waals surface area contributed by atoms with Gasteiger partial charge >= 0.3 is 0 Å². The molecule has 0 unspecified atom stereocenters. The van der Waals surface area contributed by atoms with Crippen LogP contribution in [-0.2, 0) is 0 Å². The molecule has 4 nitrogen and oxygen atoms in total. The highest BCUT2D eigenvalue weighted by Crippen LogP contribution is 2.43. The number of nitrogen functional groups attached to an aromatic ring is 1. The van der Waals surface area contributed by atoms with E-state index in [0.717, 1.165) is 22.7 Å². The van der Waals surface area contributed by atoms with E-state index in [1.165, 1.54) is 11.3 Å². The van der Waals surface area contributed by atoms with Crippen LogP contribution in [0.3, 0.4) is 0 Å². The van der Waals surface area contributed by atoms with Crippen molar-refractivity contribution in [3.8, 4) is 0 Å². The molecule has 1 fully saturated rings. The largest absolute Gasteiger partial charge is 0.396 e. The molecule has 1 aliphatic rings. The highest BCUT2D eigenvalue weighted by Gasteiger charge is 2.27. The summed E-state index contributed by atoms with van der Waals surface area (Å²) in [7, 11) is 3.93. The highest BCUT2D eigenvalue weighted by molar-refractivity contribution is 7.99. The Morgan fingerprint density at radius 3 is 2.59 bits per heavy atom. The quantitative estimate of drug-likeness (QED) is 0.823. The first-order valence-electron chi connectivity index (χ1n) is 5.49. The Labute approximate surface area is 110 Å². The van der Waals surface area contributed by atoms with E-state index in [9.17, 15) is 4.79 Å². The van der Waals surface area contributed by atoms with Crippen LogP contribution in [0.25, 0.3) is 0 Å². The number of nitrogens with one attached hydrogen (secondary N) is 1. The van der Waals surface area contributed by atoms with E-state index >= 15 is 0 Å². The summed E-state index contributed by atoms with van der Waals surface area (Å²) >= 11 is 3.05. The first kappa shape index (κ1) is 12.6. The first-order chi connectivity index (χ1) is 8.04. The average molecular weight is 271 g/mol. The molecule has 0 aliphatic heterocycles. The van der Waals surface area contributed by atoms with Crippen molar-refractivity contribution < 1.29 is 4.79 Å². The number of carbonyl (C=O) groups is 1. The summed E-state index contributed by atoms with van der Waals surface area (Å²) in [5, 5.41) is 4.03. The van der Waals surface area contributed by atoms with Gasteiger partial charge in [0.15, 0.2) is 0 Å². The highest BCUT2D eigenvalue weighted by atomic mass is 32.2. The van der Waals surface area contributed by atoms with Gasteiger partial charge in [0.1, 0.15) is 9.88 Å². The number of nitrogens with zero attached hydrogens (tertiary/aromatic N) is 1. The fraction of sp³-hybridized carbons (Fsp3) is 0.545. The van der Waals surface area contributed by atoms with Gasteiger partial charge in [0.05, 0.1) is 10.6 Å². The lowest BCUT2D eigenvalue weighted by molar-refractivity contribution is 0.0956. The summed E-state index contributed by atoms with van der Waals surface area (Å²) in [6.07, 6.45) is 4.16. The van der Waals surface area contributed by atoms with Gasteiger partial charge in [-0.25, -0.2) is 0 Å². The van der Waals surface area contributed by atoms with Crippen LogP contribution in [0.5, 0.6) is 0 Å². The average Bonchev–Trinajstić information content (AvgIpc) is 3.00. The molecule has 1 heterocycles. The van der Waals surface area contributed by atoms with E-state index in [4.69, 9.17) is 5.73 Å². The standard InChI is InChI=1S/C11H17N3OS2/c1-14(2)11-9(16-3)7(12)8(17-11)10(15)13-6-4-5-6/h6H,4-5,12H2,1-3H3,(H,13,15). The van der Waals surface area contributed by atoms with Crippen LogP contribution >= 0.6 is 23.1 Å². The Morgan fingerprint density at radius 1 is 1.53 bits per heavy atom. The minimum absolute atomic E-state index is 0.0293. The maximum absolute atomic E-state index is 12.0. The topological polar surface area (TPSA) is 58.4 Å². The van der Waals surface area contributed by atoms with Gasteiger partial charge in [-0.15, -0.1) is 23.1 Å². The molecule has 0 spiro atoms. The van der Waals surface area contributed by atoms with Crippen molar-refractivity contribution in [3.63, 3.8) is 0 Å². The molecule has 0 saturated heterocycles. The molecule has 2 rings (SSSR count). The zero-order valence-corrected chi connectivity index (χ0v) is 11.9. The Bertz CT molecular complexity index is 438. The van der Waals surface area contributed by atoms with Gasteiger partial charge < -0.3 is 16.0 Å². The first-order valence-corrected chi connectivity index (χ1v) is 7.53. The summed E-state index contributed by atoms with van der Waals surface area (Å²) in [6, 6.07) is 0.365. The Balaban J connectivity index is 2.29. The van der Waals surface area contributed by atoms with Crippen LogP contribution in [0.1, 0.15) is 22.5 Å². The maximum Gasteiger partial charge on any atom is 0.263 e. The van der Waals surface area contributed by atoms with E-state index in [2.05, 4.69) is 5.32 Å². The number of thiophene rings is 1. The Hall–Kier alpha value is -0.880. The van der Waals surface area contributed by atoms with Gasteiger partial charge in [0, 0.05) is 20.1 Å². The number of hydrogen-bond acceptors (Lipinski definition) is 5. The van der Waals surface area contributed by atoms with Gasteiger partial charge in [-0.05, 0) is 19.1 Å². The van der Waals surface area contributed by atoms with E-state index in [-0.39, 0.29) is 5.91 Å². The Morgan fingerprint density at radius 2 is 2.18 bits per heavy atom. The molecule has 0 atom stereocenters. The monoisotopic (exact) mass is 271 g/mol. The SMILES string of the molecule is CSc1c(N(C)C)sc(C(=O)NC2CC2)c1N. The molecular formula is C11H17N3OS2. The van der Waals surface area contributed by atoms with E-state index in [1.54, 1.807) is 11.8 Å². The van der Waals surface area contributed by atoms with E-state index in [0.29, 0.717) is 16.6 Å². The zero-order chi connectivity index (χ0) is 12.6. The van der Waals surface area contributed by atoms with Crippen molar-refractivity contribution in [1.29, 1.82) is 0 Å². The van der Waals surface area contributed by atoms with Crippen molar-refractivity contribution in [1.82, 2.24) is 5.32 Å². The Kier molecular flexibility index (Phi) is 3.53. The fourth-order valence-corrected chi connectivity index (χ4v) is 3.62. The number of amides is 1. The molecule has 1 aromatic rings. The molecule has 17 heavy (non-hydrogen) atoms. The number of anilines is 2. The lowest BCUT2D eigenvalue weighted by Gasteiger charge is -2.10. The van der Waals surface area contributed by atoms with Crippen molar-refractivity contribution in [2.24, 2.45) is 0 Å². The van der Waals surface area contributed by atoms with Crippen molar-refractivity contribution >= 4 is 39.7 Å². The van der Waals surface area contributed by atoms with Gasteiger partial charge in [0.2, 0.25) is 0 Å². The van der Waals surface area contributed by atoms with Gasteiger partial charge in [0.25, 0.3) is 5.91 Å². The fourth-order valence-electron chi connectivity index (χ4n) is 1.56. The second kappa shape index (κ2) is 4.78. The molecule has 1 amide bonds. The van der Waals surface area contributed by atoms with Crippen LogP contribution < -0.4 is 16.0 Å². The second-order valence-corrected chi connectivity index (χ2v) is 6.14.